The van der Waals surface area contributed by atoms with Crippen molar-refractivity contribution in [1.29, 1.82) is 0 Å². The minimum absolute atomic E-state index is 0.132. The maximum Gasteiger partial charge on any atom is 0.226 e. The molecule has 0 atom stereocenters. The van der Waals surface area contributed by atoms with E-state index in [2.05, 4.69) is 66.1 Å². The summed E-state index contributed by atoms with van der Waals surface area (Å²) < 4.78 is 0. The first kappa shape index (κ1) is 19.8. The normalized spacial score (nSPS) is 21.3. The van der Waals surface area contributed by atoms with Gasteiger partial charge in [0.1, 0.15) is 0 Å². The predicted molar refractivity (Wildman–Crippen MR) is 121 cm³/mol. The molecule has 2 aromatic carbocycles. The summed E-state index contributed by atoms with van der Waals surface area (Å²) in [6.07, 6.45) is 5.69. The van der Waals surface area contributed by atoms with Gasteiger partial charge in [0.05, 0.1) is 0 Å². The van der Waals surface area contributed by atoms with E-state index in [-0.39, 0.29) is 11.3 Å². The van der Waals surface area contributed by atoms with E-state index in [1.54, 1.807) is 0 Å². The lowest BCUT2D eigenvalue weighted by Crippen LogP contribution is -2.54. The van der Waals surface area contributed by atoms with Crippen LogP contribution in [0.2, 0.25) is 0 Å². The molecule has 2 fully saturated rings. The monoisotopic (exact) mass is 402 g/mol. The van der Waals surface area contributed by atoms with E-state index in [0.717, 1.165) is 58.4 Å². The number of piperidine rings is 1. The fourth-order valence-electron chi connectivity index (χ4n) is 5.79. The molecule has 0 unspecified atom stereocenters. The Bertz CT molecular complexity index is 938. The Labute approximate surface area is 181 Å². The van der Waals surface area contributed by atoms with Crippen molar-refractivity contribution >= 4 is 5.91 Å². The second-order valence-corrected chi connectivity index (χ2v) is 9.97. The zero-order chi connectivity index (χ0) is 20.7. The van der Waals surface area contributed by atoms with Gasteiger partial charge < -0.3 is 4.90 Å². The van der Waals surface area contributed by atoms with Crippen LogP contribution in [0.25, 0.3) is 0 Å². The average Bonchev–Trinajstić information content (AvgIpc) is 2.70. The summed E-state index contributed by atoms with van der Waals surface area (Å²) >= 11 is 0. The molecule has 3 aliphatic rings. The quantitative estimate of drug-likeness (QED) is 0.723. The van der Waals surface area contributed by atoms with Gasteiger partial charge in [0.2, 0.25) is 5.91 Å². The Morgan fingerprint density at radius 2 is 1.83 bits per heavy atom. The summed E-state index contributed by atoms with van der Waals surface area (Å²) in [5, 5.41) is 0. The van der Waals surface area contributed by atoms with Crippen LogP contribution in [0, 0.1) is 19.8 Å². The van der Waals surface area contributed by atoms with E-state index in [0.29, 0.717) is 5.91 Å². The van der Waals surface area contributed by atoms with Crippen LogP contribution in [-0.4, -0.2) is 35.3 Å². The third-order valence-electron chi connectivity index (χ3n) is 7.91. The van der Waals surface area contributed by atoms with Gasteiger partial charge in [-0.25, -0.2) is 0 Å². The van der Waals surface area contributed by atoms with E-state index in [1.165, 1.54) is 34.2 Å². The van der Waals surface area contributed by atoms with Crippen molar-refractivity contribution in [3.63, 3.8) is 0 Å². The molecule has 30 heavy (non-hydrogen) atoms. The number of hydrogen-bond donors (Lipinski definition) is 0. The topological polar surface area (TPSA) is 23.6 Å². The molecule has 1 saturated heterocycles. The summed E-state index contributed by atoms with van der Waals surface area (Å²) in [5.74, 6) is 0.699. The molecule has 0 aromatic heterocycles. The van der Waals surface area contributed by atoms with Crippen LogP contribution in [0.15, 0.2) is 42.5 Å². The molecule has 2 aliphatic heterocycles. The second kappa shape index (κ2) is 7.85. The Morgan fingerprint density at radius 1 is 1.07 bits per heavy atom. The van der Waals surface area contributed by atoms with Crippen LogP contribution in [-0.2, 0) is 23.3 Å². The molecule has 1 amide bonds. The van der Waals surface area contributed by atoms with Crippen molar-refractivity contribution in [2.24, 2.45) is 5.92 Å². The lowest BCUT2D eigenvalue weighted by atomic mass is 9.68. The van der Waals surface area contributed by atoms with E-state index in [4.69, 9.17) is 0 Å². The number of nitrogens with zero attached hydrogens (tertiary/aromatic N) is 2. The first-order chi connectivity index (χ1) is 14.5. The first-order valence-electron chi connectivity index (χ1n) is 11.7. The van der Waals surface area contributed by atoms with E-state index < -0.39 is 0 Å². The molecule has 1 aliphatic carbocycles. The number of amides is 1. The smallest absolute Gasteiger partial charge is 0.226 e. The zero-order valence-corrected chi connectivity index (χ0v) is 18.5. The molecule has 0 N–H and O–H groups in total. The fraction of sp³-hybridized carbons (Fsp3) is 0.519. The van der Waals surface area contributed by atoms with Crippen LogP contribution < -0.4 is 0 Å². The van der Waals surface area contributed by atoms with Crippen molar-refractivity contribution in [2.45, 2.75) is 64.5 Å². The van der Waals surface area contributed by atoms with Gasteiger partial charge >= 0.3 is 0 Å². The number of aryl methyl sites for hydroxylation is 2. The number of carbonyl (C=O) groups is 1. The Kier molecular flexibility index (Phi) is 5.18. The number of likely N-dealkylation sites (tertiary alicyclic amines) is 1. The Hall–Kier alpha value is -2.13. The van der Waals surface area contributed by atoms with Crippen molar-refractivity contribution in [2.75, 3.05) is 19.6 Å². The lowest BCUT2D eigenvalue weighted by Gasteiger charge is -2.49. The molecular weight excluding hydrogens is 368 g/mol. The summed E-state index contributed by atoms with van der Waals surface area (Å²) in [6, 6.07) is 15.7. The largest absolute Gasteiger partial charge is 0.337 e. The summed E-state index contributed by atoms with van der Waals surface area (Å²) in [4.78, 5) is 17.9. The SMILES string of the molecule is Cc1ccc(CN2CCC3(CC2)CN(C(=O)C2CCC2)Cc2ccccc23)c(C)c1. The third kappa shape index (κ3) is 3.58. The third-order valence-corrected chi connectivity index (χ3v) is 7.91. The predicted octanol–water partition coefficient (Wildman–Crippen LogP) is 4.98. The molecule has 1 saturated carbocycles. The molecular formula is C27H34N2O. The van der Waals surface area contributed by atoms with Crippen molar-refractivity contribution < 1.29 is 4.79 Å². The van der Waals surface area contributed by atoms with Gasteiger partial charge in [0.15, 0.2) is 0 Å². The number of benzene rings is 2. The molecule has 5 rings (SSSR count). The van der Waals surface area contributed by atoms with Gasteiger partial charge in [-0.05, 0) is 74.9 Å². The molecule has 3 heteroatoms. The van der Waals surface area contributed by atoms with Gasteiger partial charge in [-0.2, -0.15) is 0 Å². The average molecular weight is 403 g/mol. The molecule has 0 radical (unpaired) electrons. The van der Waals surface area contributed by atoms with Crippen molar-refractivity contribution in [3.05, 3.63) is 70.3 Å². The Morgan fingerprint density at radius 3 is 2.53 bits per heavy atom. The summed E-state index contributed by atoms with van der Waals surface area (Å²) in [5.41, 5.74) is 7.20. The molecule has 158 valence electrons. The highest BCUT2D eigenvalue weighted by Crippen LogP contribution is 2.43. The van der Waals surface area contributed by atoms with Gasteiger partial charge in [-0.3, -0.25) is 9.69 Å². The lowest BCUT2D eigenvalue weighted by molar-refractivity contribution is -0.140. The summed E-state index contributed by atoms with van der Waals surface area (Å²) in [7, 11) is 0. The highest BCUT2D eigenvalue weighted by molar-refractivity contribution is 5.80. The number of rotatable bonds is 3. The van der Waals surface area contributed by atoms with Gasteiger partial charge in [0, 0.05) is 31.0 Å². The van der Waals surface area contributed by atoms with Crippen LogP contribution in [0.4, 0.5) is 0 Å². The first-order valence-corrected chi connectivity index (χ1v) is 11.7. The minimum Gasteiger partial charge on any atom is -0.337 e. The molecule has 3 nitrogen and oxygen atoms in total. The second-order valence-electron chi connectivity index (χ2n) is 9.97. The standard InChI is InChI=1S/C27H34N2O/c1-20-10-11-23(21(2)16-20)17-28-14-12-27(13-15-28)19-29(26(30)22-7-5-8-22)18-24-6-3-4-9-25(24)27/h3-4,6,9-11,16,22H,5,7-8,12-15,17-19H2,1-2H3. The molecule has 2 heterocycles. The maximum atomic E-state index is 13.1. The maximum absolute atomic E-state index is 13.1. The molecule has 1 spiro atoms. The van der Waals surface area contributed by atoms with Crippen LogP contribution in [0.3, 0.4) is 0 Å². The Balaban J connectivity index is 1.34. The highest BCUT2D eigenvalue weighted by Gasteiger charge is 2.44. The van der Waals surface area contributed by atoms with Gasteiger partial charge in [-0.15, -0.1) is 0 Å². The number of hydrogen-bond acceptors (Lipinski definition) is 2. The minimum atomic E-state index is 0.132. The zero-order valence-electron chi connectivity index (χ0n) is 18.5. The van der Waals surface area contributed by atoms with Crippen molar-refractivity contribution in [1.82, 2.24) is 9.80 Å². The molecule has 2 aromatic rings. The van der Waals surface area contributed by atoms with Gasteiger partial charge in [-0.1, -0.05) is 54.4 Å². The number of carbonyl (C=O) groups excluding carboxylic acids is 1. The van der Waals surface area contributed by atoms with E-state index >= 15 is 0 Å². The van der Waals surface area contributed by atoms with E-state index in [1.807, 2.05) is 0 Å². The van der Waals surface area contributed by atoms with Crippen LogP contribution in [0.1, 0.15) is 59.9 Å². The highest BCUT2D eigenvalue weighted by atomic mass is 16.2. The van der Waals surface area contributed by atoms with Crippen LogP contribution >= 0.6 is 0 Å². The number of fused-ring (bicyclic) bond motifs is 2. The fourth-order valence-corrected chi connectivity index (χ4v) is 5.79. The van der Waals surface area contributed by atoms with Gasteiger partial charge in [0.25, 0.3) is 0 Å². The van der Waals surface area contributed by atoms with Crippen LogP contribution in [0.5, 0.6) is 0 Å². The van der Waals surface area contributed by atoms with E-state index in [9.17, 15) is 4.79 Å². The summed E-state index contributed by atoms with van der Waals surface area (Å²) in [6.45, 7) is 9.36. The van der Waals surface area contributed by atoms with Crippen molar-refractivity contribution in [3.8, 4) is 0 Å². The molecule has 0 bridgehead atoms.